The molecule has 3 N–H and O–H groups in total. The van der Waals surface area contributed by atoms with Crippen molar-refractivity contribution < 1.29 is 5.11 Å². The zero-order chi connectivity index (χ0) is 11.4. The van der Waals surface area contributed by atoms with Crippen LogP contribution in [-0.2, 0) is 6.54 Å². The maximum atomic E-state index is 10.1. The van der Waals surface area contributed by atoms with Crippen molar-refractivity contribution in [2.45, 2.75) is 45.9 Å². The molecule has 0 amide bonds. The quantitative estimate of drug-likeness (QED) is 0.771. The van der Waals surface area contributed by atoms with Gasteiger partial charge in [-0.05, 0) is 18.4 Å². The number of hydrogen-bond acceptors (Lipinski definition) is 3. The van der Waals surface area contributed by atoms with E-state index in [1.807, 2.05) is 24.6 Å². The molecule has 2 unspecified atom stereocenters. The average Bonchev–Trinajstić information content (AvgIpc) is 2.64. The van der Waals surface area contributed by atoms with E-state index in [9.17, 15) is 5.11 Å². The van der Waals surface area contributed by atoms with Gasteiger partial charge >= 0.3 is 0 Å². The summed E-state index contributed by atoms with van der Waals surface area (Å²) >= 11 is 0. The normalized spacial score (nSPS) is 15.6. The van der Waals surface area contributed by atoms with Crippen LogP contribution in [0.2, 0.25) is 0 Å². The predicted molar refractivity (Wildman–Crippen MR) is 60.3 cm³/mol. The molecule has 1 rings (SSSR count). The van der Waals surface area contributed by atoms with E-state index in [4.69, 9.17) is 5.73 Å². The molecule has 86 valence electrons. The summed E-state index contributed by atoms with van der Waals surface area (Å²) in [5.41, 5.74) is 6.74. The van der Waals surface area contributed by atoms with Crippen LogP contribution in [0.5, 0.6) is 0 Å². The number of rotatable bonds is 5. The van der Waals surface area contributed by atoms with Crippen LogP contribution in [0, 0.1) is 5.92 Å². The number of nitrogens with zero attached hydrogens (tertiary/aromatic N) is 2. The highest BCUT2D eigenvalue weighted by atomic mass is 16.3. The van der Waals surface area contributed by atoms with Crippen LogP contribution in [-0.4, -0.2) is 20.9 Å². The van der Waals surface area contributed by atoms with Crippen molar-refractivity contribution in [1.29, 1.82) is 0 Å². The van der Waals surface area contributed by atoms with Crippen molar-refractivity contribution in [3.8, 4) is 0 Å². The van der Waals surface area contributed by atoms with Crippen molar-refractivity contribution >= 4 is 0 Å². The Hall–Kier alpha value is -0.870. The maximum Gasteiger partial charge on any atom is 0.111 e. The molecule has 0 aliphatic rings. The Morgan fingerprint density at radius 2 is 2.20 bits per heavy atom. The van der Waals surface area contributed by atoms with Gasteiger partial charge in [-0.25, -0.2) is 0 Å². The van der Waals surface area contributed by atoms with Gasteiger partial charge in [0, 0.05) is 18.8 Å². The molecule has 0 fully saturated rings. The Morgan fingerprint density at radius 3 is 2.73 bits per heavy atom. The number of hydrogen-bond donors (Lipinski definition) is 2. The molecule has 0 radical (unpaired) electrons. The van der Waals surface area contributed by atoms with E-state index in [0.717, 1.165) is 18.7 Å². The molecule has 1 aromatic rings. The van der Waals surface area contributed by atoms with Crippen molar-refractivity contribution in [3.63, 3.8) is 0 Å². The molecule has 1 heterocycles. The lowest BCUT2D eigenvalue weighted by Crippen LogP contribution is -2.34. The van der Waals surface area contributed by atoms with Gasteiger partial charge in [-0.3, -0.25) is 4.68 Å². The van der Waals surface area contributed by atoms with E-state index < -0.39 is 6.10 Å². The summed E-state index contributed by atoms with van der Waals surface area (Å²) in [5, 5.41) is 14.2. The van der Waals surface area contributed by atoms with Crippen LogP contribution in [0.15, 0.2) is 12.3 Å². The summed E-state index contributed by atoms with van der Waals surface area (Å²) < 4.78 is 1.83. The number of aliphatic hydroxyl groups is 1. The standard InChI is InChI=1S/C11H21N3O/c1-4-7-14-9(5-6-13-14)11(15)10(12)8(2)3/h5-6,8,10-11,15H,4,7,12H2,1-3H3. The smallest absolute Gasteiger partial charge is 0.111 e. The third-order valence-corrected chi connectivity index (χ3v) is 2.62. The minimum Gasteiger partial charge on any atom is -0.385 e. The number of nitrogens with two attached hydrogens (primary N) is 1. The minimum absolute atomic E-state index is 0.239. The summed E-state index contributed by atoms with van der Waals surface area (Å²) in [6.45, 7) is 6.92. The zero-order valence-corrected chi connectivity index (χ0v) is 9.72. The van der Waals surface area contributed by atoms with Gasteiger partial charge in [0.25, 0.3) is 0 Å². The molecule has 0 saturated carbocycles. The van der Waals surface area contributed by atoms with E-state index in [2.05, 4.69) is 12.0 Å². The third-order valence-electron chi connectivity index (χ3n) is 2.62. The second kappa shape index (κ2) is 5.28. The first-order valence-corrected chi connectivity index (χ1v) is 5.53. The van der Waals surface area contributed by atoms with Crippen LogP contribution in [0.4, 0.5) is 0 Å². The lowest BCUT2D eigenvalue weighted by Gasteiger charge is -2.22. The molecular weight excluding hydrogens is 190 g/mol. The topological polar surface area (TPSA) is 64.1 Å². The van der Waals surface area contributed by atoms with Crippen molar-refractivity contribution in [2.75, 3.05) is 0 Å². The van der Waals surface area contributed by atoms with Crippen LogP contribution in [0.1, 0.15) is 39.0 Å². The molecule has 0 saturated heterocycles. The molecule has 4 heteroatoms. The Labute approximate surface area is 91.1 Å². The van der Waals surface area contributed by atoms with Gasteiger partial charge in [-0.15, -0.1) is 0 Å². The molecule has 15 heavy (non-hydrogen) atoms. The van der Waals surface area contributed by atoms with Gasteiger partial charge in [0.15, 0.2) is 0 Å². The lowest BCUT2D eigenvalue weighted by atomic mass is 9.97. The highest BCUT2D eigenvalue weighted by molar-refractivity contribution is 5.07. The summed E-state index contributed by atoms with van der Waals surface area (Å²) in [6.07, 6.45) is 2.08. The van der Waals surface area contributed by atoms with Gasteiger partial charge in [-0.1, -0.05) is 20.8 Å². The highest BCUT2D eigenvalue weighted by Gasteiger charge is 2.22. The summed E-state index contributed by atoms with van der Waals surface area (Å²) in [6, 6.07) is 1.60. The number of aryl methyl sites for hydroxylation is 1. The number of aromatic nitrogens is 2. The van der Waals surface area contributed by atoms with Gasteiger partial charge in [0.1, 0.15) is 6.10 Å². The Bertz CT molecular complexity index is 296. The van der Waals surface area contributed by atoms with E-state index in [1.54, 1.807) is 6.20 Å². The fraction of sp³-hybridized carbons (Fsp3) is 0.727. The van der Waals surface area contributed by atoms with Crippen LogP contribution in [0.25, 0.3) is 0 Å². The van der Waals surface area contributed by atoms with E-state index >= 15 is 0 Å². The van der Waals surface area contributed by atoms with Crippen molar-refractivity contribution in [2.24, 2.45) is 11.7 Å². The predicted octanol–water partition coefficient (Wildman–Crippen LogP) is 1.31. The third kappa shape index (κ3) is 2.79. The molecule has 1 aromatic heterocycles. The van der Waals surface area contributed by atoms with E-state index in [0.29, 0.717) is 0 Å². The van der Waals surface area contributed by atoms with Gasteiger partial charge < -0.3 is 10.8 Å². The van der Waals surface area contributed by atoms with Crippen LogP contribution in [0.3, 0.4) is 0 Å². The second-order valence-electron chi connectivity index (χ2n) is 4.25. The highest BCUT2D eigenvalue weighted by Crippen LogP contribution is 2.19. The fourth-order valence-electron chi connectivity index (χ4n) is 1.55. The van der Waals surface area contributed by atoms with Crippen molar-refractivity contribution in [1.82, 2.24) is 9.78 Å². The minimum atomic E-state index is -0.626. The van der Waals surface area contributed by atoms with Crippen LogP contribution >= 0.6 is 0 Å². The van der Waals surface area contributed by atoms with E-state index in [-0.39, 0.29) is 12.0 Å². The first kappa shape index (κ1) is 12.2. The fourth-order valence-corrected chi connectivity index (χ4v) is 1.55. The molecule has 0 bridgehead atoms. The van der Waals surface area contributed by atoms with Gasteiger partial charge in [-0.2, -0.15) is 5.10 Å². The molecule has 0 aliphatic heterocycles. The largest absolute Gasteiger partial charge is 0.385 e. The Balaban J connectivity index is 2.80. The molecule has 0 aliphatic carbocycles. The first-order chi connectivity index (χ1) is 7.07. The summed E-state index contributed by atoms with van der Waals surface area (Å²) in [7, 11) is 0. The second-order valence-corrected chi connectivity index (χ2v) is 4.25. The molecule has 2 atom stereocenters. The van der Waals surface area contributed by atoms with Gasteiger partial charge in [0.05, 0.1) is 5.69 Å². The monoisotopic (exact) mass is 211 g/mol. The van der Waals surface area contributed by atoms with Crippen molar-refractivity contribution in [3.05, 3.63) is 18.0 Å². The molecule has 0 spiro atoms. The van der Waals surface area contributed by atoms with E-state index in [1.165, 1.54) is 0 Å². The Morgan fingerprint density at radius 1 is 1.53 bits per heavy atom. The molecular formula is C11H21N3O. The summed E-state index contributed by atoms with van der Waals surface area (Å²) in [5.74, 6) is 0.255. The SMILES string of the molecule is CCCn1nccc1C(O)C(N)C(C)C. The summed E-state index contributed by atoms with van der Waals surface area (Å²) in [4.78, 5) is 0. The molecule has 4 nitrogen and oxygen atoms in total. The Kier molecular flexibility index (Phi) is 4.29. The molecule has 0 aromatic carbocycles. The maximum absolute atomic E-state index is 10.1. The average molecular weight is 211 g/mol. The number of aliphatic hydroxyl groups excluding tert-OH is 1. The first-order valence-electron chi connectivity index (χ1n) is 5.53. The zero-order valence-electron chi connectivity index (χ0n) is 9.72. The lowest BCUT2D eigenvalue weighted by molar-refractivity contribution is 0.116. The van der Waals surface area contributed by atoms with Crippen LogP contribution < -0.4 is 5.73 Å². The van der Waals surface area contributed by atoms with Gasteiger partial charge in [0.2, 0.25) is 0 Å².